The number of fused-ring (bicyclic) bond motifs is 1. The lowest BCUT2D eigenvalue weighted by Gasteiger charge is -2.32. The maximum absolute atomic E-state index is 12.5. The van der Waals surface area contributed by atoms with Crippen molar-refractivity contribution in [1.29, 1.82) is 0 Å². The molecule has 4 rings (SSSR count). The molecule has 0 aliphatic carbocycles. The van der Waals surface area contributed by atoms with E-state index in [2.05, 4.69) is 46.6 Å². The van der Waals surface area contributed by atoms with Gasteiger partial charge in [0, 0.05) is 18.6 Å². The van der Waals surface area contributed by atoms with Crippen LogP contribution >= 0.6 is 0 Å². The summed E-state index contributed by atoms with van der Waals surface area (Å²) in [6, 6.07) is 19.6. The molecule has 2 heterocycles. The number of nitrogens with one attached hydrogen (secondary N) is 1. The molecule has 2 aliphatic heterocycles. The summed E-state index contributed by atoms with van der Waals surface area (Å²) in [5.74, 6) is 0.157. The van der Waals surface area contributed by atoms with E-state index >= 15 is 0 Å². The average molecular weight is 334 g/mol. The predicted octanol–water partition coefficient (Wildman–Crippen LogP) is 3.64. The molecule has 2 atom stereocenters. The molecule has 2 fully saturated rings. The van der Waals surface area contributed by atoms with Gasteiger partial charge in [0.15, 0.2) is 0 Å². The van der Waals surface area contributed by atoms with Crippen molar-refractivity contribution in [1.82, 2.24) is 10.2 Å². The lowest BCUT2D eigenvalue weighted by Crippen LogP contribution is -2.47. The first-order valence-corrected chi connectivity index (χ1v) is 9.47. The van der Waals surface area contributed by atoms with Gasteiger partial charge in [0.2, 0.25) is 5.91 Å². The molecular weight excluding hydrogens is 308 g/mol. The number of benzene rings is 2. The fraction of sp³-hybridized carbons (Fsp3) is 0.409. The van der Waals surface area contributed by atoms with E-state index in [0.717, 1.165) is 18.5 Å². The van der Waals surface area contributed by atoms with Crippen LogP contribution in [0, 0.1) is 0 Å². The standard InChI is InChI=1S/C22H26N2O/c25-22(23-20-13-15-24-14-5-4-8-21(20)24)16-17-9-11-19(12-10-17)18-6-2-1-3-7-18/h1-3,6-7,9-12,20-21H,4-5,8,13-16H2,(H,23,25). The van der Waals surface area contributed by atoms with Gasteiger partial charge in [0.1, 0.15) is 0 Å². The molecule has 0 spiro atoms. The van der Waals surface area contributed by atoms with E-state index in [9.17, 15) is 4.79 Å². The Morgan fingerprint density at radius 2 is 1.68 bits per heavy atom. The summed E-state index contributed by atoms with van der Waals surface area (Å²) in [6.45, 7) is 2.35. The van der Waals surface area contributed by atoms with Crippen LogP contribution in [0.25, 0.3) is 11.1 Å². The number of hydrogen-bond acceptors (Lipinski definition) is 2. The largest absolute Gasteiger partial charge is 0.351 e. The Morgan fingerprint density at radius 1 is 0.920 bits per heavy atom. The van der Waals surface area contributed by atoms with Crippen LogP contribution in [0.15, 0.2) is 54.6 Å². The first kappa shape index (κ1) is 16.3. The van der Waals surface area contributed by atoms with Gasteiger partial charge >= 0.3 is 0 Å². The van der Waals surface area contributed by atoms with Crippen molar-refractivity contribution in [2.45, 2.75) is 44.2 Å². The van der Waals surface area contributed by atoms with Crippen molar-refractivity contribution in [2.24, 2.45) is 0 Å². The summed E-state index contributed by atoms with van der Waals surface area (Å²) < 4.78 is 0. The molecule has 0 saturated carbocycles. The Morgan fingerprint density at radius 3 is 2.48 bits per heavy atom. The van der Waals surface area contributed by atoms with Crippen molar-refractivity contribution in [2.75, 3.05) is 13.1 Å². The van der Waals surface area contributed by atoms with Gasteiger partial charge in [-0.25, -0.2) is 0 Å². The fourth-order valence-electron chi connectivity index (χ4n) is 4.30. The zero-order chi connectivity index (χ0) is 17.1. The molecule has 2 aromatic carbocycles. The van der Waals surface area contributed by atoms with Gasteiger partial charge < -0.3 is 5.32 Å². The van der Waals surface area contributed by atoms with Gasteiger partial charge in [0.25, 0.3) is 0 Å². The van der Waals surface area contributed by atoms with E-state index in [1.165, 1.54) is 36.9 Å². The highest BCUT2D eigenvalue weighted by Crippen LogP contribution is 2.27. The molecular formula is C22H26N2O. The van der Waals surface area contributed by atoms with Crippen LogP contribution in [0.5, 0.6) is 0 Å². The van der Waals surface area contributed by atoms with E-state index in [1.54, 1.807) is 0 Å². The molecule has 2 aliphatic rings. The molecule has 1 amide bonds. The van der Waals surface area contributed by atoms with Crippen LogP contribution in [0.3, 0.4) is 0 Å². The van der Waals surface area contributed by atoms with E-state index < -0.39 is 0 Å². The number of nitrogens with zero attached hydrogens (tertiary/aromatic N) is 1. The Kier molecular flexibility index (Phi) is 4.84. The van der Waals surface area contributed by atoms with Crippen molar-refractivity contribution in [3.8, 4) is 11.1 Å². The minimum atomic E-state index is 0.157. The number of amides is 1. The number of carbonyl (C=O) groups excluding carboxylic acids is 1. The van der Waals surface area contributed by atoms with Crippen LogP contribution < -0.4 is 5.32 Å². The lowest BCUT2D eigenvalue weighted by molar-refractivity contribution is -0.121. The van der Waals surface area contributed by atoms with Crippen LogP contribution in [0.1, 0.15) is 31.2 Å². The number of piperidine rings is 1. The molecule has 0 bridgehead atoms. The molecule has 2 aromatic rings. The second-order valence-corrected chi connectivity index (χ2v) is 7.30. The predicted molar refractivity (Wildman–Crippen MR) is 101 cm³/mol. The van der Waals surface area contributed by atoms with Crippen molar-refractivity contribution < 1.29 is 4.79 Å². The van der Waals surface area contributed by atoms with E-state index in [-0.39, 0.29) is 5.91 Å². The third-order valence-corrected chi connectivity index (χ3v) is 5.63. The Bertz CT molecular complexity index is 711. The van der Waals surface area contributed by atoms with Crippen LogP contribution in [0.2, 0.25) is 0 Å². The highest BCUT2D eigenvalue weighted by Gasteiger charge is 2.36. The van der Waals surface area contributed by atoms with Gasteiger partial charge in [-0.2, -0.15) is 0 Å². The summed E-state index contributed by atoms with van der Waals surface area (Å²) in [7, 11) is 0. The highest BCUT2D eigenvalue weighted by molar-refractivity contribution is 5.79. The molecule has 2 unspecified atom stereocenters. The maximum Gasteiger partial charge on any atom is 0.224 e. The lowest BCUT2D eigenvalue weighted by atomic mass is 9.98. The monoisotopic (exact) mass is 334 g/mol. The highest BCUT2D eigenvalue weighted by atomic mass is 16.1. The number of hydrogen-bond donors (Lipinski definition) is 1. The van der Waals surface area contributed by atoms with E-state index in [4.69, 9.17) is 0 Å². The van der Waals surface area contributed by atoms with Crippen molar-refractivity contribution in [3.63, 3.8) is 0 Å². The van der Waals surface area contributed by atoms with Gasteiger partial charge in [-0.3, -0.25) is 9.69 Å². The third-order valence-electron chi connectivity index (χ3n) is 5.63. The zero-order valence-corrected chi connectivity index (χ0v) is 14.7. The summed E-state index contributed by atoms with van der Waals surface area (Å²) in [5.41, 5.74) is 3.48. The first-order valence-electron chi connectivity index (χ1n) is 9.47. The van der Waals surface area contributed by atoms with E-state index in [1.807, 2.05) is 18.2 Å². The van der Waals surface area contributed by atoms with Gasteiger partial charge in [-0.05, 0) is 42.5 Å². The Hall–Kier alpha value is -2.13. The molecule has 1 N–H and O–H groups in total. The summed E-state index contributed by atoms with van der Waals surface area (Å²) in [6.07, 6.45) is 5.41. The molecule has 25 heavy (non-hydrogen) atoms. The average Bonchev–Trinajstić information content (AvgIpc) is 3.06. The minimum Gasteiger partial charge on any atom is -0.351 e. The second kappa shape index (κ2) is 7.40. The normalized spacial score (nSPS) is 23.2. The molecule has 0 aromatic heterocycles. The molecule has 3 nitrogen and oxygen atoms in total. The Labute approximate surface area is 150 Å². The van der Waals surface area contributed by atoms with Crippen LogP contribution in [-0.4, -0.2) is 36.0 Å². The van der Waals surface area contributed by atoms with Crippen molar-refractivity contribution in [3.05, 3.63) is 60.2 Å². The van der Waals surface area contributed by atoms with Gasteiger partial charge in [-0.1, -0.05) is 61.0 Å². The third kappa shape index (κ3) is 3.77. The van der Waals surface area contributed by atoms with Crippen molar-refractivity contribution >= 4 is 5.91 Å². The second-order valence-electron chi connectivity index (χ2n) is 7.30. The summed E-state index contributed by atoms with van der Waals surface area (Å²) in [5, 5.41) is 3.29. The quantitative estimate of drug-likeness (QED) is 0.926. The summed E-state index contributed by atoms with van der Waals surface area (Å²) in [4.78, 5) is 15.0. The first-order chi connectivity index (χ1) is 12.3. The molecule has 130 valence electrons. The zero-order valence-electron chi connectivity index (χ0n) is 14.7. The van der Waals surface area contributed by atoms with Crippen LogP contribution in [-0.2, 0) is 11.2 Å². The fourth-order valence-corrected chi connectivity index (χ4v) is 4.30. The SMILES string of the molecule is O=C(Cc1ccc(-c2ccccc2)cc1)NC1CCN2CCCCC12. The molecule has 0 radical (unpaired) electrons. The number of carbonyl (C=O) groups is 1. The molecule has 3 heteroatoms. The Balaban J connectivity index is 1.35. The topological polar surface area (TPSA) is 32.3 Å². The van der Waals surface area contributed by atoms with Gasteiger partial charge in [-0.15, -0.1) is 0 Å². The summed E-state index contributed by atoms with van der Waals surface area (Å²) >= 11 is 0. The molecule has 2 saturated heterocycles. The smallest absolute Gasteiger partial charge is 0.224 e. The van der Waals surface area contributed by atoms with E-state index in [0.29, 0.717) is 18.5 Å². The van der Waals surface area contributed by atoms with Gasteiger partial charge in [0.05, 0.1) is 6.42 Å². The number of rotatable bonds is 4. The maximum atomic E-state index is 12.5. The minimum absolute atomic E-state index is 0.157. The van der Waals surface area contributed by atoms with Crippen LogP contribution in [0.4, 0.5) is 0 Å².